The standard InChI is InChI=1S/C30H52O2/c1-20-21(32)8-9-22-26(20,4)11-10-23-27(22,5)13-14-29(7)24-18-25(2,3)12-16-30(24,19-31)17-15-28(23,29)6/h20-24,31-32H,8-19H2,1-7H3. The Balaban J connectivity index is 1.55. The summed E-state index contributed by atoms with van der Waals surface area (Å²) in [5, 5.41) is 21.5. The van der Waals surface area contributed by atoms with Crippen LogP contribution >= 0.6 is 0 Å². The molecule has 0 aliphatic heterocycles. The molecule has 0 heterocycles. The lowest BCUT2D eigenvalue weighted by Crippen LogP contribution is -2.68. The van der Waals surface area contributed by atoms with E-state index in [-0.39, 0.29) is 11.5 Å². The summed E-state index contributed by atoms with van der Waals surface area (Å²) in [6.07, 6.45) is 13.8. The predicted molar refractivity (Wildman–Crippen MR) is 132 cm³/mol. The lowest BCUT2D eigenvalue weighted by Gasteiger charge is -2.75. The summed E-state index contributed by atoms with van der Waals surface area (Å²) < 4.78 is 0. The molecule has 0 radical (unpaired) electrons. The highest BCUT2D eigenvalue weighted by atomic mass is 16.3. The molecule has 184 valence electrons. The zero-order valence-corrected chi connectivity index (χ0v) is 22.3. The van der Waals surface area contributed by atoms with Crippen molar-refractivity contribution in [3.8, 4) is 0 Å². The minimum Gasteiger partial charge on any atom is -0.396 e. The molecular weight excluding hydrogens is 392 g/mol. The summed E-state index contributed by atoms with van der Waals surface area (Å²) >= 11 is 0. The molecule has 5 rings (SSSR count). The predicted octanol–water partition coefficient (Wildman–Crippen LogP) is 7.22. The van der Waals surface area contributed by atoms with Gasteiger partial charge in [0.15, 0.2) is 0 Å². The van der Waals surface area contributed by atoms with Crippen molar-refractivity contribution in [1.29, 1.82) is 0 Å². The average molecular weight is 445 g/mol. The highest BCUT2D eigenvalue weighted by Gasteiger charge is 2.71. The van der Waals surface area contributed by atoms with Crippen LogP contribution in [0.3, 0.4) is 0 Å². The Bertz CT molecular complexity index is 760. The third-order valence-corrected chi connectivity index (χ3v) is 14.0. The van der Waals surface area contributed by atoms with Gasteiger partial charge in [-0.25, -0.2) is 0 Å². The van der Waals surface area contributed by atoms with Crippen molar-refractivity contribution in [1.82, 2.24) is 0 Å². The monoisotopic (exact) mass is 444 g/mol. The Labute approximate surface area is 198 Å². The summed E-state index contributed by atoms with van der Waals surface area (Å²) in [6, 6.07) is 0. The van der Waals surface area contributed by atoms with Crippen molar-refractivity contribution in [2.45, 2.75) is 125 Å². The zero-order chi connectivity index (χ0) is 23.4. The van der Waals surface area contributed by atoms with Crippen LogP contribution in [0.25, 0.3) is 0 Å². The van der Waals surface area contributed by atoms with Crippen molar-refractivity contribution in [2.75, 3.05) is 6.61 Å². The van der Waals surface area contributed by atoms with Gasteiger partial charge in [-0.3, -0.25) is 0 Å². The lowest BCUT2D eigenvalue weighted by molar-refractivity contribution is -0.269. The van der Waals surface area contributed by atoms with E-state index in [1.807, 2.05) is 0 Å². The molecular formula is C30H52O2. The van der Waals surface area contributed by atoms with Crippen LogP contribution in [0.4, 0.5) is 0 Å². The van der Waals surface area contributed by atoms with Crippen LogP contribution in [0.1, 0.15) is 119 Å². The molecule has 0 aromatic carbocycles. The van der Waals surface area contributed by atoms with E-state index in [9.17, 15) is 10.2 Å². The second kappa shape index (κ2) is 6.99. The van der Waals surface area contributed by atoms with Gasteiger partial charge < -0.3 is 10.2 Å². The van der Waals surface area contributed by atoms with E-state index in [2.05, 4.69) is 48.5 Å². The Morgan fingerprint density at radius 2 is 1.28 bits per heavy atom. The van der Waals surface area contributed by atoms with Crippen LogP contribution in [0.2, 0.25) is 0 Å². The summed E-state index contributed by atoms with van der Waals surface area (Å²) in [7, 11) is 0. The molecule has 5 fully saturated rings. The number of hydrogen-bond acceptors (Lipinski definition) is 2. The maximum atomic E-state index is 10.8. The van der Waals surface area contributed by atoms with Gasteiger partial charge in [0.25, 0.3) is 0 Å². The normalized spacial score (nSPS) is 59.3. The number of aliphatic hydroxyl groups is 2. The van der Waals surface area contributed by atoms with Gasteiger partial charge in [-0.1, -0.05) is 48.5 Å². The zero-order valence-electron chi connectivity index (χ0n) is 22.3. The molecule has 5 saturated carbocycles. The Morgan fingerprint density at radius 1 is 0.656 bits per heavy atom. The number of hydrogen-bond donors (Lipinski definition) is 2. The largest absolute Gasteiger partial charge is 0.396 e. The minimum absolute atomic E-state index is 0.106. The first-order valence-corrected chi connectivity index (χ1v) is 14.1. The molecule has 5 aliphatic rings. The fourth-order valence-corrected chi connectivity index (χ4v) is 11.4. The summed E-state index contributed by atoms with van der Waals surface area (Å²) in [4.78, 5) is 0. The van der Waals surface area contributed by atoms with Crippen LogP contribution in [0.15, 0.2) is 0 Å². The fraction of sp³-hybridized carbons (Fsp3) is 1.00. The number of fused-ring (bicyclic) bond motifs is 7. The van der Waals surface area contributed by atoms with Crippen molar-refractivity contribution in [2.24, 2.45) is 56.2 Å². The second-order valence-electron chi connectivity index (χ2n) is 15.4. The van der Waals surface area contributed by atoms with Crippen LogP contribution in [-0.2, 0) is 0 Å². The van der Waals surface area contributed by atoms with E-state index in [4.69, 9.17) is 0 Å². The number of rotatable bonds is 1. The smallest absolute Gasteiger partial charge is 0.0571 e. The first kappa shape index (κ1) is 23.7. The maximum absolute atomic E-state index is 10.8. The third kappa shape index (κ3) is 2.78. The second-order valence-corrected chi connectivity index (χ2v) is 15.4. The molecule has 10 unspecified atom stereocenters. The Kier molecular flexibility index (Phi) is 5.17. The molecule has 0 amide bonds. The highest BCUT2D eigenvalue weighted by molar-refractivity contribution is 5.20. The molecule has 0 aromatic heterocycles. The van der Waals surface area contributed by atoms with Crippen molar-refractivity contribution in [3.63, 3.8) is 0 Å². The lowest BCUT2D eigenvalue weighted by atomic mass is 9.30. The summed E-state index contributed by atoms with van der Waals surface area (Å²) in [6.45, 7) is 18.3. The molecule has 5 aliphatic carbocycles. The third-order valence-electron chi connectivity index (χ3n) is 14.0. The molecule has 2 nitrogen and oxygen atoms in total. The molecule has 2 N–H and O–H groups in total. The van der Waals surface area contributed by atoms with Gasteiger partial charge in [0.1, 0.15) is 0 Å². The van der Waals surface area contributed by atoms with Crippen LogP contribution in [-0.4, -0.2) is 22.9 Å². The molecule has 0 spiro atoms. The fourth-order valence-electron chi connectivity index (χ4n) is 11.4. The van der Waals surface area contributed by atoms with Gasteiger partial charge in [-0.15, -0.1) is 0 Å². The average Bonchev–Trinajstić information content (AvgIpc) is 2.73. The first-order valence-electron chi connectivity index (χ1n) is 14.1. The Morgan fingerprint density at radius 3 is 1.97 bits per heavy atom. The highest BCUT2D eigenvalue weighted by Crippen LogP contribution is 2.78. The van der Waals surface area contributed by atoms with Gasteiger partial charge >= 0.3 is 0 Å². The minimum atomic E-state index is -0.106. The molecule has 10 atom stereocenters. The molecule has 0 bridgehead atoms. The van der Waals surface area contributed by atoms with Crippen LogP contribution in [0, 0.1) is 56.2 Å². The van der Waals surface area contributed by atoms with E-state index in [1.165, 1.54) is 64.2 Å². The van der Waals surface area contributed by atoms with Crippen molar-refractivity contribution < 1.29 is 10.2 Å². The molecule has 2 heteroatoms. The van der Waals surface area contributed by atoms with E-state index in [0.29, 0.717) is 45.5 Å². The van der Waals surface area contributed by atoms with Gasteiger partial charge in [0, 0.05) is 6.61 Å². The van der Waals surface area contributed by atoms with E-state index in [0.717, 1.165) is 18.3 Å². The van der Waals surface area contributed by atoms with Gasteiger partial charge in [-0.05, 0) is 127 Å². The van der Waals surface area contributed by atoms with Gasteiger partial charge in [0.05, 0.1) is 6.10 Å². The molecule has 0 aromatic rings. The van der Waals surface area contributed by atoms with Crippen molar-refractivity contribution in [3.05, 3.63) is 0 Å². The van der Waals surface area contributed by atoms with Crippen LogP contribution in [0.5, 0.6) is 0 Å². The summed E-state index contributed by atoms with van der Waals surface area (Å²) in [5.74, 6) is 2.62. The molecule has 0 saturated heterocycles. The SMILES string of the molecule is CC1C(O)CCC2C1(C)CCC1C2(C)CCC2(C)C3CC(C)(C)CCC3(CO)CCC12C. The van der Waals surface area contributed by atoms with E-state index >= 15 is 0 Å². The van der Waals surface area contributed by atoms with Gasteiger partial charge in [-0.2, -0.15) is 0 Å². The Hall–Kier alpha value is -0.0800. The van der Waals surface area contributed by atoms with E-state index < -0.39 is 0 Å². The topological polar surface area (TPSA) is 40.5 Å². The van der Waals surface area contributed by atoms with Crippen molar-refractivity contribution >= 4 is 0 Å². The van der Waals surface area contributed by atoms with E-state index in [1.54, 1.807) is 0 Å². The molecule has 32 heavy (non-hydrogen) atoms. The van der Waals surface area contributed by atoms with Crippen LogP contribution < -0.4 is 0 Å². The maximum Gasteiger partial charge on any atom is 0.0571 e. The summed E-state index contributed by atoms with van der Waals surface area (Å²) in [5.41, 5.74) is 1.98. The number of aliphatic hydroxyl groups excluding tert-OH is 2. The quantitative estimate of drug-likeness (QED) is 0.448. The van der Waals surface area contributed by atoms with Gasteiger partial charge in [0.2, 0.25) is 0 Å². The first-order chi connectivity index (χ1) is 14.8.